The Hall–Kier alpha value is -2.87. The second-order valence-corrected chi connectivity index (χ2v) is 7.37. The predicted molar refractivity (Wildman–Crippen MR) is 103 cm³/mol. The van der Waals surface area contributed by atoms with Crippen molar-refractivity contribution >= 4 is 38.6 Å². The third kappa shape index (κ3) is 3.87. The molecular formula is C20H17F2N3O2S. The van der Waals surface area contributed by atoms with Crippen LogP contribution in [0.1, 0.15) is 30.2 Å². The van der Waals surface area contributed by atoms with Gasteiger partial charge >= 0.3 is 12.5 Å². The van der Waals surface area contributed by atoms with E-state index < -0.39 is 12.5 Å². The molecule has 4 aromatic rings. The van der Waals surface area contributed by atoms with Crippen molar-refractivity contribution in [2.75, 3.05) is 0 Å². The molecule has 0 N–H and O–H groups in total. The van der Waals surface area contributed by atoms with Crippen molar-refractivity contribution in [3.05, 3.63) is 59.4 Å². The number of halogens is 2. The van der Waals surface area contributed by atoms with Crippen molar-refractivity contribution in [2.24, 2.45) is 0 Å². The summed E-state index contributed by atoms with van der Waals surface area (Å²) in [4.78, 5) is 20.7. The fourth-order valence-electron chi connectivity index (χ4n) is 3.04. The first-order valence-electron chi connectivity index (χ1n) is 8.86. The van der Waals surface area contributed by atoms with Gasteiger partial charge in [0.15, 0.2) is 5.82 Å². The van der Waals surface area contributed by atoms with E-state index in [1.54, 1.807) is 35.6 Å². The molecule has 0 amide bonds. The maximum absolute atomic E-state index is 13.4. The maximum Gasteiger partial charge on any atom is 0.320 e. The molecule has 0 unspecified atom stereocenters. The highest BCUT2D eigenvalue weighted by Gasteiger charge is 2.18. The van der Waals surface area contributed by atoms with Crippen LogP contribution in [0, 0.1) is 0 Å². The van der Waals surface area contributed by atoms with E-state index in [0.29, 0.717) is 23.9 Å². The summed E-state index contributed by atoms with van der Waals surface area (Å²) >= 11 is 1.61. The van der Waals surface area contributed by atoms with Gasteiger partial charge in [-0.2, -0.15) is 8.78 Å². The van der Waals surface area contributed by atoms with Gasteiger partial charge in [0, 0.05) is 6.42 Å². The molecule has 0 spiro atoms. The van der Waals surface area contributed by atoms with Crippen LogP contribution in [0.4, 0.5) is 8.78 Å². The van der Waals surface area contributed by atoms with Gasteiger partial charge in [0.2, 0.25) is 0 Å². The molecule has 0 saturated heterocycles. The van der Waals surface area contributed by atoms with Crippen molar-refractivity contribution in [3.8, 4) is 0 Å². The first kappa shape index (κ1) is 18.5. The summed E-state index contributed by atoms with van der Waals surface area (Å²) in [5.74, 6) is -0.398. The average molecular weight is 401 g/mol. The van der Waals surface area contributed by atoms with E-state index >= 15 is 0 Å². The lowest BCUT2D eigenvalue weighted by atomic mass is 10.2. The lowest BCUT2D eigenvalue weighted by Crippen LogP contribution is -2.10. The number of rotatable bonds is 7. The van der Waals surface area contributed by atoms with Gasteiger partial charge in [-0.3, -0.25) is 9.36 Å². The van der Waals surface area contributed by atoms with Crippen molar-refractivity contribution < 1.29 is 18.3 Å². The zero-order valence-corrected chi connectivity index (χ0v) is 15.7. The normalized spacial score (nSPS) is 11.5. The van der Waals surface area contributed by atoms with Crippen LogP contribution in [0.2, 0.25) is 0 Å². The van der Waals surface area contributed by atoms with Crippen molar-refractivity contribution in [1.29, 1.82) is 0 Å². The van der Waals surface area contributed by atoms with Crippen LogP contribution in [0.25, 0.3) is 21.3 Å². The average Bonchev–Trinajstić information content (AvgIpc) is 3.26. The minimum atomic E-state index is -2.75. The van der Waals surface area contributed by atoms with Crippen LogP contribution in [-0.4, -0.2) is 20.5 Å². The molecule has 0 saturated carbocycles. The van der Waals surface area contributed by atoms with Crippen LogP contribution >= 0.6 is 11.3 Å². The third-order valence-corrected chi connectivity index (χ3v) is 5.43. The van der Waals surface area contributed by atoms with E-state index in [2.05, 4.69) is 9.97 Å². The van der Waals surface area contributed by atoms with Crippen LogP contribution < -0.4 is 0 Å². The molecule has 0 aliphatic heterocycles. The molecule has 28 heavy (non-hydrogen) atoms. The van der Waals surface area contributed by atoms with Gasteiger partial charge in [-0.05, 0) is 37.1 Å². The quantitative estimate of drug-likeness (QED) is 0.404. The third-order valence-electron chi connectivity index (χ3n) is 4.34. The summed E-state index contributed by atoms with van der Waals surface area (Å²) in [6.07, 6.45) is 1.46. The van der Waals surface area contributed by atoms with Crippen molar-refractivity contribution in [2.45, 2.75) is 32.4 Å². The molecule has 2 aromatic carbocycles. The number of thiazole rings is 1. The van der Waals surface area contributed by atoms with E-state index in [-0.39, 0.29) is 18.9 Å². The van der Waals surface area contributed by atoms with Crippen molar-refractivity contribution in [1.82, 2.24) is 14.5 Å². The number of carbonyl (C=O) groups excluding carboxylic acids is 1. The lowest BCUT2D eigenvalue weighted by molar-refractivity contribution is -0.145. The van der Waals surface area contributed by atoms with Crippen LogP contribution in [0.5, 0.6) is 0 Å². The second-order valence-electron chi connectivity index (χ2n) is 6.25. The van der Waals surface area contributed by atoms with E-state index in [9.17, 15) is 13.6 Å². The number of esters is 1. The van der Waals surface area contributed by atoms with E-state index in [1.165, 1.54) is 0 Å². The Morgan fingerprint density at radius 3 is 2.61 bits per heavy atom. The number of para-hydroxylation sites is 3. The van der Waals surface area contributed by atoms with Crippen LogP contribution in [0.15, 0.2) is 48.5 Å². The number of aromatic nitrogens is 3. The number of alkyl halides is 2. The van der Waals surface area contributed by atoms with Gasteiger partial charge < -0.3 is 4.74 Å². The molecule has 0 bridgehead atoms. The first-order valence-corrected chi connectivity index (χ1v) is 9.67. The summed E-state index contributed by atoms with van der Waals surface area (Å²) in [6.45, 7) is -3.03. The molecule has 0 aliphatic carbocycles. The molecule has 0 atom stereocenters. The minimum Gasteiger partial charge on any atom is -0.458 e. The van der Waals surface area contributed by atoms with Gasteiger partial charge in [0.05, 0.1) is 26.3 Å². The summed E-state index contributed by atoms with van der Waals surface area (Å²) < 4.78 is 33.8. The van der Waals surface area contributed by atoms with Gasteiger partial charge in [0.25, 0.3) is 0 Å². The fraction of sp³-hybridized carbons (Fsp3) is 0.250. The molecule has 2 heterocycles. The highest BCUT2D eigenvalue weighted by Crippen LogP contribution is 2.24. The van der Waals surface area contributed by atoms with E-state index in [1.807, 2.05) is 24.3 Å². The summed E-state index contributed by atoms with van der Waals surface area (Å²) in [6, 6.07) is 14.5. The smallest absolute Gasteiger partial charge is 0.320 e. The number of ether oxygens (including phenoxy) is 1. The Bertz CT molecular complexity index is 1090. The minimum absolute atomic E-state index is 0.0377. The number of nitrogens with zero attached hydrogens (tertiary/aromatic N) is 3. The first-order chi connectivity index (χ1) is 13.6. The molecule has 4 rings (SSSR count). The summed E-state index contributed by atoms with van der Waals surface area (Å²) in [5, 5.41) is 0.966. The Labute approximate surface area is 163 Å². The largest absolute Gasteiger partial charge is 0.458 e. The Morgan fingerprint density at radius 1 is 1.07 bits per heavy atom. The highest BCUT2D eigenvalue weighted by atomic mass is 32.1. The monoisotopic (exact) mass is 401 g/mol. The number of benzene rings is 2. The van der Waals surface area contributed by atoms with E-state index in [4.69, 9.17) is 4.74 Å². The maximum atomic E-state index is 13.4. The number of hydrogen-bond donors (Lipinski definition) is 0. The molecular weight excluding hydrogens is 384 g/mol. The van der Waals surface area contributed by atoms with Gasteiger partial charge in [-0.1, -0.05) is 24.3 Å². The Kier molecular flexibility index (Phi) is 5.29. The number of imidazole rings is 1. The zero-order chi connectivity index (χ0) is 19.5. The molecule has 0 radical (unpaired) electrons. The number of aryl methyl sites for hydroxylation is 1. The molecule has 144 valence electrons. The second kappa shape index (κ2) is 8.02. The Balaban J connectivity index is 1.33. The highest BCUT2D eigenvalue weighted by molar-refractivity contribution is 7.18. The van der Waals surface area contributed by atoms with Crippen LogP contribution in [-0.2, 0) is 22.6 Å². The van der Waals surface area contributed by atoms with Gasteiger partial charge in [0.1, 0.15) is 6.61 Å². The Morgan fingerprint density at radius 2 is 1.82 bits per heavy atom. The summed E-state index contributed by atoms with van der Waals surface area (Å²) in [7, 11) is 0. The van der Waals surface area contributed by atoms with Crippen molar-refractivity contribution in [3.63, 3.8) is 0 Å². The molecule has 5 nitrogen and oxygen atoms in total. The van der Waals surface area contributed by atoms with Gasteiger partial charge in [-0.25, -0.2) is 9.97 Å². The number of carbonyl (C=O) groups is 1. The molecule has 0 aliphatic rings. The molecule has 0 fully saturated rings. The predicted octanol–water partition coefficient (Wildman–Crippen LogP) is 5.11. The number of hydrogen-bond acceptors (Lipinski definition) is 5. The number of fused-ring (bicyclic) bond motifs is 2. The summed E-state index contributed by atoms with van der Waals surface area (Å²) in [5.41, 5.74) is 1.72. The van der Waals surface area contributed by atoms with Gasteiger partial charge in [-0.15, -0.1) is 11.3 Å². The van der Waals surface area contributed by atoms with Crippen LogP contribution in [0.3, 0.4) is 0 Å². The lowest BCUT2D eigenvalue weighted by Gasteiger charge is -2.08. The standard InChI is InChI=1S/C20H17F2N3O2S/c21-20(22)25-15-8-3-1-6-13(15)23-17(25)12-27-19(26)11-5-10-18-24-14-7-2-4-9-16(14)28-18/h1-4,6-9,20H,5,10-12H2. The fourth-order valence-corrected chi connectivity index (χ4v) is 4.05. The SMILES string of the molecule is O=C(CCCc1nc2ccccc2s1)OCc1nc2ccccc2n1C(F)F. The van der Waals surface area contributed by atoms with E-state index in [0.717, 1.165) is 19.8 Å². The zero-order valence-electron chi connectivity index (χ0n) is 14.8. The topological polar surface area (TPSA) is 57.0 Å². The molecule has 8 heteroatoms. The molecule has 2 aromatic heterocycles.